The average molecular weight is 300 g/mol. The Hall–Kier alpha value is -2.09. The molecule has 0 saturated carbocycles. The van der Waals surface area contributed by atoms with Crippen LogP contribution in [-0.4, -0.2) is 23.0 Å². The first-order valence-corrected chi connectivity index (χ1v) is 7.10. The maximum atomic E-state index is 8.99. The highest BCUT2D eigenvalue weighted by atomic mass is 35.5. The van der Waals surface area contributed by atoms with Crippen LogP contribution in [0.2, 0.25) is 5.15 Å². The van der Waals surface area contributed by atoms with Crippen molar-refractivity contribution in [3.63, 3.8) is 0 Å². The number of ether oxygens (including phenoxy) is 1. The first kappa shape index (κ1) is 13.9. The van der Waals surface area contributed by atoms with Crippen molar-refractivity contribution in [2.75, 3.05) is 13.1 Å². The monoisotopic (exact) mass is 299 g/mol. The summed E-state index contributed by atoms with van der Waals surface area (Å²) in [6, 6.07) is 15.8. The molecule has 0 saturated heterocycles. The molecule has 5 heteroatoms. The van der Waals surface area contributed by atoms with Gasteiger partial charge >= 0.3 is 0 Å². The maximum absolute atomic E-state index is 8.99. The molecule has 4 nitrogen and oxygen atoms in total. The van der Waals surface area contributed by atoms with Crippen molar-refractivity contribution in [2.24, 2.45) is 0 Å². The highest BCUT2D eigenvalue weighted by Crippen LogP contribution is 2.30. The van der Waals surface area contributed by atoms with Crippen LogP contribution in [0.3, 0.4) is 0 Å². The lowest BCUT2D eigenvalue weighted by Gasteiger charge is -2.21. The third-order valence-electron chi connectivity index (χ3n) is 3.44. The van der Waals surface area contributed by atoms with E-state index in [1.165, 1.54) is 0 Å². The Kier molecular flexibility index (Phi) is 4.05. The highest BCUT2D eigenvalue weighted by Gasteiger charge is 2.25. The molecule has 0 spiro atoms. The van der Waals surface area contributed by atoms with Crippen molar-refractivity contribution < 1.29 is 4.74 Å². The average Bonchev–Trinajstić information content (AvgIpc) is 2.67. The molecule has 0 fully saturated rings. The molecule has 0 amide bonds. The number of hydrogen-bond donors (Lipinski definition) is 0. The third kappa shape index (κ3) is 3.15. The van der Waals surface area contributed by atoms with Crippen LogP contribution in [-0.2, 0) is 6.54 Å². The Morgan fingerprint density at radius 1 is 1.29 bits per heavy atom. The van der Waals surface area contributed by atoms with E-state index in [0.717, 1.165) is 11.1 Å². The highest BCUT2D eigenvalue weighted by molar-refractivity contribution is 6.29. The molecule has 1 atom stereocenters. The van der Waals surface area contributed by atoms with E-state index in [4.69, 9.17) is 21.6 Å². The Labute approximate surface area is 128 Å². The first-order chi connectivity index (χ1) is 10.3. The molecule has 0 bridgehead atoms. The Morgan fingerprint density at radius 2 is 2.10 bits per heavy atom. The molecule has 1 unspecified atom stereocenters. The smallest absolute Gasteiger partial charge is 0.219 e. The van der Waals surface area contributed by atoms with Gasteiger partial charge in [-0.2, -0.15) is 5.26 Å². The summed E-state index contributed by atoms with van der Waals surface area (Å²) >= 11 is 5.96. The minimum atomic E-state index is -0.160. The van der Waals surface area contributed by atoms with E-state index in [1.54, 1.807) is 6.07 Å². The van der Waals surface area contributed by atoms with Crippen molar-refractivity contribution >= 4 is 11.6 Å². The molecular weight excluding hydrogens is 286 g/mol. The summed E-state index contributed by atoms with van der Waals surface area (Å²) in [6.45, 7) is 1.64. The van der Waals surface area contributed by atoms with Crippen molar-refractivity contribution in [1.29, 1.82) is 5.26 Å². The summed E-state index contributed by atoms with van der Waals surface area (Å²) in [6.07, 6.45) is -0.160. The number of nitrogens with zero attached hydrogens (tertiary/aromatic N) is 3. The molecule has 0 radical (unpaired) electrons. The SMILES string of the molecule is N#CCN1Cc2ccc(Cl)nc2OC(c2ccccc2)C1. The number of fused-ring (bicyclic) bond motifs is 1. The zero-order valence-corrected chi connectivity index (χ0v) is 12.1. The van der Waals surface area contributed by atoms with Crippen LogP contribution in [0.1, 0.15) is 17.2 Å². The second-order valence-corrected chi connectivity index (χ2v) is 5.33. The van der Waals surface area contributed by atoms with Crippen LogP contribution in [0, 0.1) is 11.3 Å². The largest absolute Gasteiger partial charge is 0.468 e. The fraction of sp³-hybridized carbons (Fsp3) is 0.250. The maximum Gasteiger partial charge on any atom is 0.219 e. The minimum absolute atomic E-state index is 0.160. The van der Waals surface area contributed by atoms with Crippen molar-refractivity contribution in [3.8, 4) is 11.9 Å². The molecule has 21 heavy (non-hydrogen) atoms. The van der Waals surface area contributed by atoms with Gasteiger partial charge in [-0.05, 0) is 17.7 Å². The number of hydrogen-bond acceptors (Lipinski definition) is 4. The summed E-state index contributed by atoms with van der Waals surface area (Å²) in [4.78, 5) is 6.33. The van der Waals surface area contributed by atoms with E-state index >= 15 is 0 Å². The molecule has 1 aromatic heterocycles. The van der Waals surface area contributed by atoms with Crippen LogP contribution >= 0.6 is 11.6 Å². The van der Waals surface area contributed by atoms with Gasteiger partial charge in [-0.15, -0.1) is 0 Å². The summed E-state index contributed by atoms with van der Waals surface area (Å²) in [5, 5.41) is 9.40. The lowest BCUT2D eigenvalue weighted by atomic mass is 10.1. The van der Waals surface area contributed by atoms with Crippen LogP contribution in [0.5, 0.6) is 5.88 Å². The van der Waals surface area contributed by atoms with Gasteiger partial charge < -0.3 is 4.74 Å². The topological polar surface area (TPSA) is 49.2 Å². The Bertz CT molecular complexity index is 669. The van der Waals surface area contributed by atoms with Crippen molar-refractivity contribution in [3.05, 3.63) is 58.7 Å². The van der Waals surface area contributed by atoms with E-state index < -0.39 is 0 Å². The predicted molar refractivity (Wildman–Crippen MR) is 79.9 cm³/mol. The Balaban J connectivity index is 1.97. The fourth-order valence-electron chi connectivity index (χ4n) is 2.44. The number of pyridine rings is 1. The van der Waals surface area contributed by atoms with Gasteiger partial charge in [-0.1, -0.05) is 41.9 Å². The van der Waals surface area contributed by atoms with Gasteiger partial charge in [0.1, 0.15) is 11.3 Å². The van der Waals surface area contributed by atoms with Crippen LogP contribution in [0.25, 0.3) is 0 Å². The molecule has 2 heterocycles. The molecule has 0 aliphatic carbocycles. The van der Waals surface area contributed by atoms with Crippen LogP contribution in [0.15, 0.2) is 42.5 Å². The number of benzene rings is 1. The van der Waals surface area contributed by atoms with Gasteiger partial charge in [0, 0.05) is 18.7 Å². The lowest BCUT2D eigenvalue weighted by molar-refractivity contribution is 0.153. The second-order valence-electron chi connectivity index (χ2n) is 4.94. The quantitative estimate of drug-likeness (QED) is 0.631. The van der Waals surface area contributed by atoms with Gasteiger partial charge in [0.25, 0.3) is 0 Å². The standard InChI is InChI=1S/C16H14ClN3O/c17-15-7-6-13-10-20(9-8-18)11-14(21-16(13)19-15)12-4-2-1-3-5-12/h1-7,14H,9-11H2. The van der Waals surface area contributed by atoms with Gasteiger partial charge in [-0.25, -0.2) is 4.98 Å². The molecule has 0 N–H and O–H groups in total. The molecule has 1 aliphatic heterocycles. The van der Waals surface area contributed by atoms with E-state index in [9.17, 15) is 0 Å². The fourth-order valence-corrected chi connectivity index (χ4v) is 2.58. The van der Waals surface area contributed by atoms with E-state index in [-0.39, 0.29) is 6.10 Å². The first-order valence-electron chi connectivity index (χ1n) is 6.72. The van der Waals surface area contributed by atoms with E-state index in [1.807, 2.05) is 36.4 Å². The lowest BCUT2D eigenvalue weighted by Crippen LogP contribution is -2.28. The van der Waals surface area contributed by atoms with Gasteiger partial charge in [-0.3, -0.25) is 4.90 Å². The normalized spacial score (nSPS) is 18.2. The van der Waals surface area contributed by atoms with E-state index in [0.29, 0.717) is 30.7 Å². The second kappa shape index (κ2) is 6.13. The van der Waals surface area contributed by atoms with Crippen molar-refractivity contribution in [1.82, 2.24) is 9.88 Å². The number of aromatic nitrogens is 1. The van der Waals surface area contributed by atoms with Crippen molar-refractivity contribution in [2.45, 2.75) is 12.6 Å². The zero-order valence-electron chi connectivity index (χ0n) is 11.4. The summed E-state index contributed by atoms with van der Waals surface area (Å²) in [7, 11) is 0. The van der Waals surface area contributed by atoms with Gasteiger partial charge in [0.2, 0.25) is 5.88 Å². The number of rotatable bonds is 2. The van der Waals surface area contributed by atoms with E-state index in [2.05, 4.69) is 16.0 Å². The zero-order chi connectivity index (χ0) is 14.7. The number of nitriles is 1. The summed E-state index contributed by atoms with van der Waals surface area (Å²) in [5.41, 5.74) is 2.02. The van der Waals surface area contributed by atoms with Gasteiger partial charge in [0.15, 0.2) is 0 Å². The molecule has 2 aromatic rings. The molecule has 1 aromatic carbocycles. The molecular formula is C16H14ClN3O. The summed E-state index contributed by atoms with van der Waals surface area (Å²) in [5.74, 6) is 0.553. The number of halogens is 1. The molecule has 3 rings (SSSR count). The summed E-state index contributed by atoms with van der Waals surface area (Å²) < 4.78 is 6.05. The van der Waals surface area contributed by atoms with Crippen LogP contribution < -0.4 is 4.74 Å². The van der Waals surface area contributed by atoms with Gasteiger partial charge in [0.05, 0.1) is 12.6 Å². The Morgan fingerprint density at radius 3 is 2.86 bits per heavy atom. The minimum Gasteiger partial charge on any atom is -0.468 e. The molecule has 106 valence electrons. The van der Waals surface area contributed by atoms with Crippen LogP contribution in [0.4, 0.5) is 0 Å². The predicted octanol–water partition coefficient (Wildman–Crippen LogP) is 3.19. The molecule has 1 aliphatic rings. The third-order valence-corrected chi connectivity index (χ3v) is 3.65.